The second-order valence-electron chi connectivity index (χ2n) is 7.23. The van der Waals surface area contributed by atoms with Crippen LogP contribution in [0.15, 0.2) is 69.6 Å². The van der Waals surface area contributed by atoms with E-state index < -0.39 is 12.0 Å². The number of hydrogen-bond donors (Lipinski definition) is 0. The molecular formula is C24H21ClN2O3S. The molecule has 0 aliphatic carbocycles. The third-order valence-corrected chi connectivity index (χ3v) is 6.42. The summed E-state index contributed by atoms with van der Waals surface area (Å²) in [5, 5.41) is 0.470. The van der Waals surface area contributed by atoms with E-state index in [1.165, 1.54) is 11.3 Å². The Morgan fingerprint density at radius 3 is 2.58 bits per heavy atom. The van der Waals surface area contributed by atoms with E-state index in [0.29, 0.717) is 31.2 Å². The van der Waals surface area contributed by atoms with Gasteiger partial charge < -0.3 is 4.74 Å². The van der Waals surface area contributed by atoms with E-state index in [1.54, 1.807) is 24.5 Å². The monoisotopic (exact) mass is 452 g/mol. The van der Waals surface area contributed by atoms with Crippen LogP contribution < -0.4 is 14.9 Å². The first-order valence-electron chi connectivity index (χ1n) is 9.91. The molecule has 2 aromatic carbocycles. The molecule has 0 radical (unpaired) electrons. The molecule has 0 saturated carbocycles. The molecular weight excluding hydrogens is 432 g/mol. The van der Waals surface area contributed by atoms with E-state index in [-0.39, 0.29) is 12.2 Å². The van der Waals surface area contributed by atoms with Crippen LogP contribution in [0.1, 0.15) is 36.6 Å². The third kappa shape index (κ3) is 4.01. The Balaban J connectivity index is 1.97. The van der Waals surface area contributed by atoms with Crippen molar-refractivity contribution >= 4 is 35.0 Å². The lowest BCUT2D eigenvalue weighted by molar-refractivity contribution is -0.139. The van der Waals surface area contributed by atoms with Gasteiger partial charge in [-0.1, -0.05) is 71.0 Å². The normalized spacial score (nSPS) is 16.1. The number of aromatic nitrogens is 1. The molecule has 3 aromatic rings. The number of esters is 1. The van der Waals surface area contributed by atoms with E-state index in [2.05, 4.69) is 4.99 Å². The Labute approximate surface area is 188 Å². The molecule has 1 aromatic heterocycles. The number of fused-ring (bicyclic) bond motifs is 1. The number of benzene rings is 2. The summed E-state index contributed by atoms with van der Waals surface area (Å²) >= 11 is 7.79. The van der Waals surface area contributed by atoms with Gasteiger partial charge >= 0.3 is 5.97 Å². The minimum Gasteiger partial charge on any atom is -0.463 e. The van der Waals surface area contributed by atoms with Gasteiger partial charge in [0.1, 0.15) is 6.04 Å². The molecule has 31 heavy (non-hydrogen) atoms. The number of allylic oxidation sites excluding steroid dienone is 1. The number of rotatable bonds is 4. The highest BCUT2D eigenvalue weighted by Crippen LogP contribution is 2.34. The molecule has 4 rings (SSSR count). The molecule has 0 N–H and O–H groups in total. The van der Waals surface area contributed by atoms with Crippen LogP contribution in [-0.4, -0.2) is 17.1 Å². The number of carbonyl (C=O) groups excluding carboxylic acids is 1. The SMILES string of the molecule is CCOC(=O)C1=C(C)N=c2s/c(=C\c3ccc(C)cc3)c(=O)n2[C@@H]1c1ccccc1Cl. The molecule has 0 bridgehead atoms. The average molecular weight is 453 g/mol. The summed E-state index contributed by atoms with van der Waals surface area (Å²) in [6, 6.07) is 14.4. The fraction of sp³-hybridized carbons (Fsp3) is 0.208. The molecule has 0 fully saturated rings. The number of hydrogen-bond acceptors (Lipinski definition) is 5. The van der Waals surface area contributed by atoms with Gasteiger partial charge in [0, 0.05) is 5.02 Å². The van der Waals surface area contributed by atoms with Gasteiger partial charge in [0.2, 0.25) is 0 Å². The summed E-state index contributed by atoms with van der Waals surface area (Å²) in [5.41, 5.74) is 3.35. The van der Waals surface area contributed by atoms with Gasteiger partial charge in [0.05, 0.1) is 22.4 Å². The second-order valence-corrected chi connectivity index (χ2v) is 8.65. The van der Waals surface area contributed by atoms with Crippen LogP contribution in [0.3, 0.4) is 0 Å². The molecule has 1 aliphatic heterocycles. The average Bonchev–Trinajstić information content (AvgIpc) is 3.04. The van der Waals surface area contributed by atoms with Crippen LogP contribution in [0.5, 0.6) is 0 Å². The Hall–Kier alpha value is -2.96. The first kappa shape index (κ1) is 21.3. The summed E-state index contributed by atoms with van der Waals surface area (Å²) in [5.74, 6) is -0.499. The van der Waals surface area contributed by atoms with Crippen molar-refractivity contribution in [2.24, 2.45) is 4.99 Å². The fourth-order valence-corrected chi connectivity index (χ4v) is 4.88. The Morgan fingerprint density at radius 2 is 1.90 bits per heavy atom. The maximum absolute atomic E-state index is 13.5. The first-order valence-corrected chi connectivity index (χ1v) is 11.1. The van der Waals surface area contributed by atoms with Crippen LogP contribution >= 0.6 is 22.9 Å². The zero-order valence-electron chi connectivity index (χ0n) is 17.4. The molecule has 0 unspecified atom stereocenters. The lowest BCUT2D eigenvalue weighted by Crippen LogP contribution is -2.40. The molecule has 0 spiro atoms. The number of aryl methyl sites for hydroxylation is 1. The first-order chi connectivity index (χ1) is 14.9. The summed E-state index contributed by atoms with van der Waals surface area (Å²) in [6.45, 7) is 5.74. The van der Waals surface area contributed by atoms with E-state index in [0.717, 1.165) is 11.1 Å². The van der Waals surface area contributed by atoms with Gasteiger partial charge in [-0.3, -0.25) is 9.36 Å². The van der Waals surface area contributed by atoms with Crippen LogP contribution in [0.2, 0.25) is 5.02 Å². The number of carbonyl (C=O) groups is 1. The van der Waals surface area contributed by atoms with Crippen molar-refractivity contribution in [2.45, 2.75) is 26.8 Å². The van der Waals surface area contributed by atoms with Gasteiger partial charge in [-0.2, -0.15) is 0 Å². The summed E-state index contributed by atoms with van der Waals surface area (Å²) in [7, 11) is 0. The number of thiazole rings is 1. The molecule has 0 saturated heterocycles. The van der Waals surface area contributed by atoms with Gasteiger partial charge in [-0.25, -0.2) is 9.79 Å². The molecule has 7 heteroatoms. The molecule has 0 amide bonds. The van der Waals surface area contributed by atoms with Crippen molar-refractivity contribution in [1.82, 2.24) is 4.57 Å². The van der Waals surface area contributed by atoms with Gasteiger partial charge in [-0.15, -0.1) is 0 Å². The maximum Gasteiger partial charge on any atom is 0.338 e. The summed E-state index contributed by atoms with van der Waals surface area (Å²) in [6.07, 6.45) is 1.84. The molecule has 1 aliphatic rings. The van der Waals surface area contributed by atoms with Crippen LogP contribution in [-0.2, 0) is 9.53 Å². The minimum atomic E-state index is -0.704. The standard InChI is InChI=1S/C24H21ClN2O3S/c1-4-30-23(29)20-15(3)26-24-27(21(20)17-7-5-6-8-18(17)25)22(28)19(31-24)13-16-11-9-14(2)10-12-16/h5-13,21H,4H2,1-3H3/b19-13-/t21-/m1/s1. The van der Waals surface area contributed by atoms with E-state index in [9.17, 15) is 9.59 Å². The second kappa shape index (κ2) is 8.65. The molecule has 2 heterocycles. The van der Waals surface area contributed by atoms with E-state index >= 15 is 0 Å². The highest BCUT2D eigenvalue weighted by Gasteiger charge is 2.34. The van der Waals surface area contributed by atoms with Gasteiger partial charge in [0.15, 0.2) is 4.80 Å². The number of nitrogens with zero attached hydrogens (tertiary/aromatic N) is 2. The molecule has 158 valence electrons. The molecule has 1 atom stereocenters. The smallest absolute Gasteiger partial charge is 0.338 e. The summed E-state index contributed by atoms with van der Waals surface area (Å²) < 4.78 is 7.38. The number of ether oxygens (including phenoxy) is 1. The van der Waals surface area contributed by atoms with Crippen molar-refractivity contribution in [1.29, 1.82) is 0 Å². The van der Waals surface area contributed by atoms with E-state index in [4.69, 9.17) is 16.3 Å². The topological polar surface area (TPSA) is 60.7 Å². The predicted octanol–water partition coefficient (Wildman–Crippen LogP) is 3.76. The Kier molecular flexibility index (Phi) is 5.94. The summed E-state index contributed by atoms with van der Waals surface area (Å²) in [4.78, 5) is 31.4. The third-order valence-electron chi connectivity index (χ3n) is 5.09. The van der Waals surface area contributed by atoms with Crippen molar-refractivity contribution in [3.05, 3.63) is 101 Å². The molecule has 5 nitrogen and oxygen atoms in total. The minimum absolute atomic E-state index is 0.219. The zero-order valence-corrected chi connectivity index (χ0v) is 19.0. The van der Waals surface area contributed by atoms with Crippen LogP contribution in [0.4, 0.5) is 0 Å². The zero-order chi connectivity index (χ0) is 22.1. The van der Waals surface area contributed by atoms with Crippen molar-refractivity contribution in [2.75, 3.05) is 6.61 Å². The lowest BCUT2D eigenvalue weighted by Gasteiger charge is -2.25. The van der Waals surface area contributed by atoms with Crippen molar-refractivity contribution in [3.63, 3.8) is 0 Å². The quantitative estimate of drug-likeness (QED) is 0.566. The highest BCUT2D eigenvalue weighted by molar-refractivity contribution is 7.07. The highest BCUT2D eigenvalue weighted by atomic mass is 35.5. The van der Waals surface area contributed by atoms with E-state index in [1.807, 2.05) is 55.5 Å². The number of halogens is 1. The lowest BCUT2D eigenvalue weighted by atomic mass is 9.96. The Bertz CT molecular complexity index is 1370. The van der Waals surface area contributed by atoms with Gasteiger partial charge in [0.25, 0.3) is 5.56 Å². The van der Waals surface area contributed by atoms with Crippen LogP contribution in [0, 0.1) is 6.92 Å². The van der Waals surface area contributed by atoms with Gasteiger partial charge in [-0.05, 0) is 44.0 Å². The van der Waals surface area contributed by atoms with Crippen LogP contribution in [0.25, 0.3) is 6.08 Å². The van der Waals surface area contributed by atoms with Crippen molar-refractivity contribution < 1.29 is 9.53 Å². The maximum atomic E-state index is 13.5. The largest absolute Gasteiger partial charge is 0.463 e. The predicted molar refractivity (Wildman–Crippen MR) is 123 cm³/mol. The van der Waals surface area contributed by atoms with Crippen molar-refractivity contribution in [3.8, 4) is 0 Å². The fourth-order valence-electron chi connectivity index (χ4n) is 3.60. The Morgan fingerprint density at radius 1 is 1.19 bits per heavy atom.